The molecule has 0 bridgehead atoms. The molecule has 2 atom stereocenters. The van der Waals surface area contributed by atoms with Gasteiger partial charge in [0, 0.05) is 7.05 Å². The summed E-state index contributed by atoms with van der Waals surface area (Å²) in [6.07, 6.45) is 0.344. The van der Waals surface area contributed by atoms with Gasteiger partial charge < -0.3 is 14.8 Å². The van der Waals surface area contributed by atoms with Gasteiger partial charge in [-0.05, 0) is 45.4 Å². The normalized spacial score (nSPS) is 14.0. The standard InChI is InChI=1S/C19H36N2O5/c1-12(2)10-14(17(23)25-9)20-16(22)15(11-13(3)4)21(8)18(24)26-19(5,6)7/h12-15H,10-11H2,1-9H3,(H,20,22)/t14-,15-/m1/s1. The lowest BCUT2D eigenvalue weighted by Crippen LogP contribution is -2.53. The van der Waals surface area contributed by atoms with E-state index in [4.69, 9.17) is 9.47 Å². The van der Waals surface area contributed by atoms with Crippen LogP contribution in [0.5, 0.6) is 0 Å². The molecule has 0 saturated carbocycles. The number of nitrogens with zero attached hydrogens (tertiary/aromatic N) is 1. The third kappa shape index (κ3) is 9.06. The average molecular weight is 373 g/mol. The summed E-state index contributed by atoms with van der Waals surface area (Å²) in [5, 5.41) is 2.74. The van der Waals surface area contributed by atoms with Crippen molar-refractivity contribution >= 4 is 18.0 Å². The first kappa shape index (κ1) is 24.2. The van der Waals surface area contributed by atoms with Crippen molar-refractivity contribution < 1.29 is 23.9 Å². The molecule has 0 aromatic rings. The van der Waals surface area contributed by atoms with Crippen LogP contribution in [0.2, 0.25) is 0 Å². The smallest absolute Gasteiger partial charge is 0.410 e. The van der Waals surface area contributed by atoms with Crippen LogP contribution in [0, 0.1) is 11.8 Å². The molecule has 0 aromatic carbocycles. The molecule has 0 spiro atoms. The predicted octanol–water partition coefficient (Wildman–Crippen LogP) is 2.97. The summed E-state index contributed by atoms with van der Waals surface area (Å²) in [6, 6.07) is -1.47. The summed E-state index contributed by atoms with van der Waals surface area (Å²) >= 11 is 0. The monoisotopic (exact) mass is 372 g/mol. The Bertz CT molecular complexity index is 483. The maximum absolute atomic E-state index is 12.8. The molecular formula is C19H36N2O5. The number of likely N-dealkylation sites (N-methyl/N-ethyl adjacent to an activating group) is 1. The Kier molecular flexibility index (Phi) is 9.67. The maximum atomic E-state index is 12.8. The number of carbonyl (C=O) groups is 3. The summed E-state index contributed by atoms with van der Waals surface area (Å²) in [5.41, 5.74) is -0.656. The molecule has 0 aliphatic carbocycles. The van der Waals surface area contributed by atoms with Crippen molar-refractivity contribution in [2.75, 3.05) is 14.2 Å². The summed E-state index contributed by atoms with van der Waals surface area (Å²) < 4.78 is 10.2. The Morgan fingerprint density at radius 2 is 1.50 bits per heavy atom. The fourth-order valence-corrected chi connectivity index (χ4v) is 2.44. The minimum Gasteiger partial charge on any atom is -0.467 e. The largest absolute Gasteiger partial charge is 0.467 e. The van der Waals surface area contributed by atoms with E-state index in [1.807, 2.05) is 27.7 Å². The first-order chi connectivity index (χ1) is 11.8. The van der Waals surface area contributed by atoms with Crippen LogP contribution >= 0.6 is 0 Å². The van der Waals surface area contributed by atoms with E-state index in [-0.39, 0.29) is 17.7 Å². The zero-order valence-corrected chi connectivity index (χ0v) is 17.7. The highest BCUT2D eigenvalue weighted by Crippen LogP contribution is 2.16. The average Bonchev–Trinajstić information content (AvgIpc) is 2.47. The molecule has 0 aliphatic heterocycles. The summed E-state index contributed by atoms with van der Waals surface area (Å²) in [6.45, 7) is 13.2. The van der Waals surface area contributed by atoms with Crippen molar-refractivity contribution in [1.82, 2.24) is 10.2 Å². The zero-order chi connectivity index (χ0) is 20.7. The van der Waals surface area contributed by atoms with Crippen molar-refractivity contribution in [3.63, 3.8) is 0 Å². The van der Waals surface area contributed by atoms with Gasteiger partial charge in [-0.15, -0.1) is 0 Å². The number of ether oxygens (including phenoxy) is 2. The van der Waals surface area contributed by atoms with E-state index in [1.54, 1.807) is 20.8 Å². The number of methoxy groups -OCH3 is 1. The quantitative estimate of drug-likeness (QED) is 0.662. The topological polar surface area (TPSA) is 84.9 Å². The fourth-order valence-electron chi connectivity index (χ4n) is 2.44. The Morgan fingerprint density at radius 1 is 1.00 bits per heavy atom. The van der Waals surface area contributed by atoms with Crippen molar-refractivity contribution in [3.05, 3.63) is 0 Å². The van der Waals surface area contributed by atoms with Crippen LogP contribution in [0.4, 0.5) is 4.79 Å². The molecule has 1 N–H and O–H groups in total. The Labute approximate surface area is 157 Å². The lowest BCUT2D eigenvalue weighted by molar-refractivity contribution is -0.146. The van der Waals surface area contributed by atoms with Gasteiger partial charge in [-0.25, -0.2) is 9.59 Å². The highest BCUT2D eigenvalue weighted by Gasteiger charge is 2.33. The number of rotatable bonds is 8. The van der Waals surface area contributed by atoms with Crippen LogP contribution in [0.3, 0.4) is 0 Å². The number of hydrogen-bond donors (Lipinski definition) is 1. The second kappa shape index (κ2) is 10.4. The maximum Gasteiger partial charge on any atom is 0.410 e. The lowest BCUT2D eigenvalue weighted by atomic mass is 10.00. The fraction of sp³-hybridized carbons (Fsp3) is 0.842. The highest BCUT2D eigenvalue weighted by molar-refractivity contribution is 5.89. The summed E-state index contributed by atoms with van der Waals surface area (Å²) in [5.74, 6) is -0.498. The molecular weight excluding hydrogens is 336 g/mol. The van der Waals surface area contributed by atoms with Crippen molar-refractivity contribution in [1.29, 1.82) is 0 Å². The van der Waals surface area contributed by atoms with Crippen LogP contribution in [-0.2, 0) is 19.1 Å². The second-order valence-corrected chi connectivity index (χ2v) is 8.45. The number of esters is 1. The van der Waals surface area contributed by atoms with Gasteiger partial charge >= 0.3 is 12.1 Å². The van der Waals surface area contributed by atoms with Crippen LogP contribution < -0.4 is 5.32 Å². The van der Waals surface area contributed by atoms with Crippen LogP contribution in [0.1, 0.15) is 61.3 Å². The van der Waals surface area contributed by atoms with E-state index in [2.05, 4.69) is 5.32 Å². The molecule has 0 unspecified atom stereocenters. The van der Waals surface area contributed by atoms with Gasteiger partial charge in [0.05, 0.1) is 7.11 Å². The van der Waals surface area contributed by atoms with E-state index in [0.29, 0.717) is 12.8 Å². The molecule has 152 valence electrons. The molecule has 0 fully saturated rings. The number of hydrogen-bond acceptors (Lipinski definition) is 5. The van der Waals surface area contributed by atoms with E-state index in [1.165, 1.54) is 19.1 Å². The highest BCUT2D eigenvalue weighted by atomic mass is 16.6. The number of nitrogens with one attached hydrogen (secondary N) is 1. The van der Waals surface area contributed by atoms with Gasteiger partial charge in [-0.1, -0.05) is 27.7 Å². The summed E-state index contributed by atoms with van der Waals surface area (Å²) in [7, 11) is 2.83. The van der Waals surface area contributed by atoms with Gasteiger partial charge in [0.15, 0.2) is 0 Å². The van der Waals surface area contributed by atoms with Crippen molar-refractivity contribution in [2.24, 2.45) is 11.8 Å². The van der Waals surface area contributed by atoms with Gasteiger partial charge in [-0.3, -0.25) is 9.69 Å². The van der Waals surface area contributed by atoms with E-state index < -0.39 is 29.7 Å². The molecule has 2 amide bonds. The Balaban J connectivity index is 5.34. The molecule has 7 heteroatoms. The molecule has 0 aliphatic rings. The SMILES string of the molecule is COC(=O)[C@@H](CC(C)C)NC(=O)[C@@H](CC(C)C)N(C)C(=O)OC(C)(C)C. The number of carbonyl (C=O) groups excluding carboxylic acids is 3. The molecule has 0 rings (SSSR count). The third-order valence-corrected chi connectivity index (χ3v) is 3.66. The first-order valence-corrected chi connectivity index (χ1v) is 9.12. The third-order valence-electron chi connectivity index (χ3n) is 3.66. The van der Waals surface area contributed by atoms with Gasteiger partial charge in [0.1, 0.15) is 17.7 Å². The van der Waals surface area contributed by atoms with Crippen molar-refractivity contribution in [2.45, 2.75) is 79.0 Å². The second-order valence-electron chi connectivity index (χ2n) is 8.45. The molecule has 7 nitrogen and oxygen atoms in total. The molecule has 0 radical (unpaired) electrons. The molecule has 0 heterocycles. The molecule has 0 saturated heterocycles. The van der Waals surface area contributed by atoms with Crippen LogP contribution in [0.15, 0.2) is 0 Å². The predicted molar refractivity (Wildman–Crippen MR) is 101 cm³/mol. The molecule has 26 heavy (non-hydrogen) atoms. The van der Waals surface area contributed by atoms with Gasteiger partial charge in [-0.2, -0.15) is 0 Å². The Morgan fingerprint density at radius 3 is 1.88 bits per heavy atom. The van der Waals surface area contributed by atoms with Gasteiger partial charge in [0.2, 0.25) is 5.91 Å². The minimum atomic E-state index is -0.741. The summed E-state index contributed by atoms with van der Waals surface area (Å²) in [4.78, 5) is 38.5. The first-order valence-electron chi connectivity index (χ1n) is 9.12. The van der Waals surface area contributed by atoms with Crippen molar-refractivity contribution in [3.8, 4) is 0 Å². The van der Waals surface area contributed by atoms with E-state index >= 15 is 0 Å². The van der Waals surface area contributed by atoms with E-state index in [9.17, 15) is 14.4 Å². The minimum absolute atomic E-state index is 0.178. The zero-order valence-electron chi connectivity index (χ0n) is 17.7. The number of amides is 2. The van der Waals surface area contributed by atoms with Crippen LogP contribution in [-0.4, -0.2) is 54.7 Å². The lowest BCUT2D eigenvalue weighted by Gasteiger charge is -2.32. The van der Waals surface area contributed by atoms with Gasteiger partial charge in [0.25, 0.3) is 0 Å². The van der Waals surface area contributed by atoms with Crippen LogP contribution in [0.25, 0.3) is 0 Å². The van der Waals surface area contributed by atoms with E-state index in [0.717, 1.165) is 0 Å². The molecule has 0 aromatic heterocycles. The Hall–Kier alpha value is -1.79.